The van der Waals surface area contributed by atoms with Crippen LogP contribution in [0.25, 0.3) is 0 Å². The lowest BCUT2D eigenvalue weighted by molar-refractivity contribution is -0.128. The van der Waals surface area contributed by atoms with Crippen LogP contribution >= 0.6 is 0 Å². The van der Waals surface area contributed by atoms with Crippen LogP contribution in [0.1, 0.15) is 12.5 Å². The van der Waals surface area contributed by atoms with Crippen LogP contribution in [0.4, 0.5) is 0 Å². The lowest BCUT2D eigenvalue weighted by Crippen LogP contribution is -2.67. The molecule has 0 aromatic heterocycles. The molecule has 25 heavy (non-hydrogen) atoms. The minimum Gasteiger partial charge on any atom is -0.361 e. The number of nitrogens with one attached hydrogen (secondary N) is 2. The van der Waals surface area contributed by atoms with Crippen LogP contribution < -0.4 is 10.6 Å². The van der Waals surface area contributed by atoms with E-state index < -0.39 is 33.6 Å². The first kappa shape index (κ1) is 18.3. The highest BCUT2D eigenvalue weighted by Gasteiger charge is 2.45. The topological polar surface area (TPSA) is 102 Å². The number of sulfonamides is 1. The van der Waals surface area contributed by atoms with Gasteiger partial charge in [-0.2, -0.15) is 4.31 Å². The number of carbonyl (C=O) groups excluding carboxylic acids is 1. The Morgan fingerprint density at radius 2 is 1.80 bits per heavy atom. The van der Waals surface area contributed by atoms with E-state index in [2.05, 4.69) is 15.5 Å². The van der Waals surface area contributed by atoms with Gasteiger partial charge >= 0.3 is 0 Å². The monoisotopic (exact) mass is 368 g/mol. The molecule has 2 aliphatic heterocycles. The van der Waals surface area contributed by atoms with Crippen LogP contribution in [0.3, 0.4) is 0 Å². The summed E-state index contributed by atoms with van der Waals surface area (Å²) >= 11 is 0. The second-order valence-corrected chi connectivity index (χ2v) is 8.55. The van der Waals surface area contributed by atoms with E-state index in [0.29, 0.717) is 26.2 Å². The predicted octanol–water partition coefficient (Wildman–Crippen LogP) is -1.11. The Morgan fingerprint density at radius 1 is 1.16 bits per heavy atom. The van der Waals surface area contributed by atoms with Crippen LogP contribution in [-0.2, 0) is 21.4 Å². The highest BCUT2D eigenvalue weighted by Crippen LogP contribution is 2.19. The van der Waals surface area contributed by atoms with Gasteiger partial charge in [-0.1, -0.05) is 30.3 Å². The average Bonchev–Trinajstić information content (AvgIpc) is 2.55. The van der Waals surface area contributed by atoms with Crippen molar-refractivity contribution in [3.05, 3.63) is 35.9 Å². The minimum absolute atomic E-state index is 0.355. The van der Waals surface area contributed by atoms with Gasteiger partial charge in [0.2, 0.25) is 15.9 Å². The second kappa shape index (κ2) is 7.38. The molecule has 0 radical (unpaired) electrons. The largest absolute Gasteiger partial charge is 0.361 e. The Labute approximate surface area is 147 Å². The Bertz CT molecular complexity index is 704. The summed E-state index contributed by atoms with van der Waals surface area (Å²) in [4.78, 5) is 14.3. The molecule has 1 aromatic carbocycles. The summed E-state index contributed by atoms with van der Waals surface area (Å²) < 4.78 is 27.1. The van der Waals surface area contributed by atoms with E-state index in [0.717, 1.165) is 6.54 Å². The zero-order valence-corrected chi connectivity index (χ0v) is 14.9. The molecule has 0 bridgehead atoms. The molecule has 1 aromatic rings. The second-order valence-electron chi connectivity index (χ2n) is 6.49. The summed E-state index contributed by atoms with van der Waals surface area (Å²) in [6.07, 6.45) is -1.21. The fraction of sp³-hybridized carbons (Fsp3) is 0.562. The minimum atomic E-state index is -3.78. The third-order valence-electron chi connectivity index (χ3n) is 4.67. The summed E-state index contributed by atoms with van der Waals surface area (Å²) in [5.74, 6) is -0.662. The van der Waals surface area contributed by atoms with Crippen molar-refractivity contribution in [3.8, 4) is 0 Å². The molecule has 2 aliphatic rings. The van der Waals surface area contributed by atoms with Gasteiger partial charge in [0.1, 0.15) is 0 Å². The van der Waals surface area contributed by atoms with E-state index in [4.69, 9.17) is 0 Å². The lowest BCUT2D eigenvalue weighted by Gasteiger charge is -2.39. The van der Waals surface area contributed by atoms with Crippen molar-refractivity contribution in [1.82, 2.24) is 19.8 Å². The van der Waals surface area contributed by atoms with Gasteiger partial charge in [0.25, 0.3) is 0 Å². The molecular formula is C16H24N4O4S. The van der Waals surface area contributed by atoms with E-state index in [1.165, 1.54) is 9.87 Å². The number of nitrogens with zero attached hydrogens (tertiary/aromatic N) is 2. The number of amides is 1. The van der Waals surface area contributed by atoms with Gasteiger partial charge in [-0.05, 0) is 12.5 Å². The van der Waals surface area contributed by atoms with Crippen molar-refractivity contribution < 1.29 is 18.3 Å². The molecule has 3 N–H and O–H groups in total. The van der Waals surface area contributed by atoms with E-state index in [-0.39, 0.29) is 0 Å². The van der Waals surface area contributed by atoms with E-state index in [1.807, 2.05) is 30.3 Å². The number of benzene rings is 1. The molecule has 0 spiro atoms. The van der Waals surface area contributed by atoms with Crippen molar-refractivity contribution in [2.75, 3.05) is 26.2 Å². The van der Waals surface area contributed by atoms with Crippen LogP contribution in [0.2, 0.25) is 0 Å². The number of hydrogen-bond acceptors (Lipinski definition) is 6. The Balaban J connectivity index is 1.62. The molecule has 3 atom stereocenters. The molecule has 2 heterocycles. The Hall–Kier alpha value is -1.52. The number of aliphatic hydroxyl groups excluding tert-OH is 1. The molecule has 138 valence electrons. The molecule has 1 amide bonds. The molecule has 9 heteroatoms. The van der Waals surface area contributed by atoms with Crippen molar-refractivity contribution in [2.45, 2.75) is 31.1 Å². The van der Waals surface area contributed by atoms with Crippen LogP contribution in [0.5, 0.6) is 0 Å². The third kappa shape index (κ3) is 4.01. The Morgan fingerprint density at radius 3 is 2.40 bits per heavy atom. The summed E-state index contributed by atoms with van der Waals surface area (Å²) in [6, 6.07) is 9.38. The molecule has 2 saturated heterocycles. The average molecular weight is 368 g/mol. The molecule has 3 unspecified atom stereocenters. The number of rotatable bonds is 4. The maximum absolute atomic E-state index is 12.9. The maximum atomic E-state index is 12.9. The highest BCUT2D eigenvalue weighted by atomic mass is 32.2. The fourth-order valence-electron chi connectivity index (χ4n) is 3.36. The zero-order chi connectivity index (χ0) is 18.0. The number of hydrogen-bond donors (Lipinski definition) is 3. The number of aliphatic hydroxyl groups is 1. The van der Waals surface area contributed by atoms with Gasteiger partial charge in [-0.15, -0.1) is 0 Å². The Kier molecular flexibility index (Phi) is 5.40. The zero-order valence-electron chi connectivity index (χ0n) is 14.1. The van der Waals surface area contributed by atoms with Crippen molar-refractivity contribution in [2.24, 2.45) is 0 Å². The first-order valence-electron chi connectivity index (χ1n) is 8.37. The van der Waals surface area contributed by atoms with Crippen LogP contribution in [0.15, 0.2) is 30.3 Å². The van der Waals surface area contributed by atoms with Gasteiger partial charge in [0, 0.05) is 38.8 Å². The van der Waals surface area contributed by atoms with E-state index >= 15 is 0 Å². The molecule has 0 saturated carbocycles. The van der Waals surface area contributed by atoms with Gasteiger partial charge < -0.3 is 10.4 Å². The first-order valence-corrected chi connectivity index (χ1v) is 9.88. The van der Waals surface area contributed by atoms with Crippen molar-refractivity contribution >= 4 is 15.9 Å². The van der Waals surface area contributed by atoms with Crippen molar-refractivity contribution in [3.63, 3.8) is 0 Å². The van der Waals surface area contributed by atoms with Gasteiger partial charge in [0.05, 0.1) is 0 Å². The predicted molar refractivity (Wildman–Crippen MR) is 92.7 cm³/mol. The molecule has 0 aliphatic carbocycles. The third-order valence-corrected chi connectivity index (χ3v) is 7.02. The van der Waals surface area contributed by atoms with Crippen LogP contribution in [-0.4, -0.2) is 72.5 Å². The fourth-order valence-corrected chi connectivity index (χ4v) is 5.29. The van der Waals surface area contributed by atoms with E-state index in [9.17, 15) is 18.3 Å². The maximum Gasteiger partial charge on any atom is 0.244 e. The first-order chi connectivity index (χ1) is 11.9. The smallest absolute Gasteiger partial charge is 0.244 e. The van der Waals surface area contributed by atoms with Gasteiger partial charge in [-0.25, -0.2) is 8.42 Å². The highest BCUT2D eigenvalue weighted by molar-refractivity contribution is 7.90. The van der Waals surface area contributed by atoms with Gasteiger partial charge in [0.15, 0.2) is 11.6 Å². The number of carbonyl (C=O) groups is 1. The normalized spacial score (nSPS) is 29.4. The summed E-state index contributed by atoms with van der Waals surface area (Å²) in [5, 5.41) is 13.1. The van der Waals surface area contributed by atoms with Crippen molar-refractivity contribution in [1.29, 1.82) is 0 Å². The lowest BCUT2D eigenvalue weighted by atomic mass is 10.2. The summed E-state index contributed by atoms with van der Waals surface area (Å²) in [6.45, 7) is 4.32. The van der Waals surface area contributed by atoms with E-state index in [1.54, 1.807) is 6.92 Å². The molecule has 3 rings (SSSR count). The number of piperazine rings is 1. The molecule has 2 fully saturated rings. The SMILES string of the molecule is CC1NC(O)NC(=O)C1S(=O)(=O)N1CCN(Cc2ccccc2)CC1. The summed E-state index contributed by atoms with van der Waals surface area (Å²) in [5.41, 5.74) is 1.19. The van der Waals surface area contributed by atoms with Crippen LogP contribution in [0, 0.1) is 0 Å². The van der Waals surface area contributed by atoms with Gasteiger partial charge in [-0.3, -0.25) is 15.0 Å². The molecule has 8 nitrogen and oxygen atoms in total. The summed E-state index contributed by atoms with van der Waals surface area (Å²) in [7, 11) is -3.78. The molecular weight excluding hydrogens is 344 g/mol. The quantitative estimate of drug-likeness (QED) is 0.623. The standard InChI is InChI=1S/C16H24N4O4S/c1-12-14(15(21)18-16(22)17-12)25(23,24)20-9-7-19(8-10-20)11-13-5-3-2-4-6-13/h2-6,12,14,16-17,22H,7-11H2,1H3,(H,18,21).